The number of aryl methyl sites for hydroxylation is 1. The molecular formula is C38H45BrN9O2P. The molecule has 0 atom stereocenters. The van der Waals surface area contributed by atoms with E-state index in [1.807, 2.05) is 36.3 Å². The molecule has 2 N–H and O–H groups in total. The average molecular weight is 771 g/mol. The van der Waals surface area contributed by atoms with Gasteiger partial charge < -0.3 is 24.8 Å². The summed E-state index contributed by atoms with van der Waals surface area (Å²) in [5, 5.41) is 13.1. The van der Waals surface area contributed by atoms with E-state index >= 15 is 0 Å². The third-order valence-corrected chi connectivity index (χ3v) is 12.6. The maximum Gasteiger partial charge on any atom is 0.229 e. The van der Waals surface area contributed by atoms with Gasteiger partial charge in [-0.15, -0.1) is 0 Å². The first-order chi connectivity index (χ1) is 24.6. The Labute approximate surface area is 307 Å². The molecule has 266 valence electrons. The maximum absolute atomic E-state index is 13.8. The van der Waals surface area contributed by atoms with Crippen molar-refractivity contribution in [2.75, 3.05) is 62.2 Å². The largest absolute Gasteiger partial charge is 0.494 e. The number of nitrogens with zero attached hydrogens (tertiary/aromatic N) is 7. The SMILES string of the molecule is COc1cc(N2CCN(C3CCCC3)CC2)c(-c2cnn(C)c2)cc1Nc1ncc(Br)c(Nc2ccc3nc(C4CC4)ccc3c2P(C)(C)=O)n1. The first-order valence-corrected chi connectivity index (χ1v) is 21.3. The van der Waals surface area contributed by atoms with Crippen LogP contribution in [0.25, 0.3) is 22.0 Å². The molecule has 3 fully saturated rings. The minimum absolute atomic E-state index is 0.392. The number of rotatable bonds is 10. The summed E-state index contributed by atoms with van der Waals surface area (Å²) in [5.74, 6) is 2.18. The van der Waals surface area contributed by atoms with Crippen molar-refractivity contribution in [2.24, 2.45) is 7.05 Å². The Hall–Kier alpha value is -3.99. The van der Waals surface area contributed by atoms with E-state index in [-0.39, 0.29) is 0 Å². The fourth-order valence-electron chi connectivity index (χ4n) is 7.74. The van der Waals surface area contributed by atoms with Crippen LogP contribution >= 0.6 is 23.1 Å². The molecule has 3 aliphatic rings. The molecular weight excluding hydrogens is 725 g/mol. The predicted molar refractivity (Wildman–Crippen MR) is 210 cm³/mol. The number of benzene rings is 2. The lowest BCUT2D eigenvalue weighted by molar-refractivity contribution is 0.187. The average Bonchev–Trinajstić information content (AvgIpc) is 3.64. The van der Waals surface area contributed by atoms with Gasteiger partial charge in [0.05, 0.1) is 34.7 Å². The van der Waals surface area contributed by atoms with Crippen molar-refractivity contribution < 1.29 is 9.30 Å². The highest BCUT2D eigenvalue weighted by atomic mass is 79.9. The van der Waals surface area contributed by atoms with Gasteiger partial charge in [0, 0.05) is 96.8 Å². The third-order valence-electron chi connectivity index (χ3n) is 10.5. The molecule has 0 bridgehead atoms. The Morgan fingerprint density at radius 1 is 0.922 bits per heavy atom. The maximum atomic E-state index is 13.8. The topological polar surface area (TPSA) is 113 Å². The number of fused-ring (bicyclic) bond motifs is 1. The van der Waals surface area contributed by atoms with Crippen LogP contribution in [-0.4, -0.2) is 82.3 Å². The van der Waals surface area contributed by atoms with Gasteiger partial charge in [-0.1, -0.05) is 18.9 Å². The highest BCUT2D eigenvalue weighted by molar-refractivity contribution is 9.10. The summed E-state index contributed by atoms with van der Waals surface area (Å²) in [4.78, 5) is 19.6. The van der Waals surface area contributed by atoms with Gasteiger partial charge in [0.25, 0.3) is 0 Å². The number of methoxy groups -OCH3 is 1. The first kappa shape index (κ1) is 34.1. The van der Waals surface area contributed by atoms with Crippen molar-refractivity contribution in [3.05, 3.63) is 65.2 Å². The lowest BCUT2D eigenvalue weighted by Gasteiger charge is -2.40. The summed E-state index contributed by atoms with van der Waals surface area (Å²) in [5.41, 5.74) is 6.68. The Kier molecular flexibility index (Phi) is 9.27. The second-order valence-corrected chi connectivity index (χ2v) is 18.5. The number of anilines is 5. The Morgan fingerprint density at radius 2 is 1.71 bits per heavy atom. The summed E-state index contributed by atoms with van der Waals surface area (Å²) in [6, 6.07) is 13.1. The summed E-state index contributed by atoms with van der Waals surface area (Å²) in [6.45, 7) is 7.64. The van der Waals surface area contributed by atoms with Crippen molar-refractivity contribution >= 4 is 68.1 Å². The van der Waals surface area contributed by atoms with Gasteiger partial charge in [-0.05, 0) is 79.2 Å². The number of pyridine rings is 1. The van der Waals surface area contributed by atoms with E-state index in [1.165, 1.54) is 38.5 Å². The van der Waals surface area contributed by atoms with E-state index in [4.69, 9.17) is 14.7 Å². The number of hydrogen-bond acceptors (Lipinski definition) is 10. The second-order valence-electron chi connectivity index (χ2n) is 14.5. The molecule has 2 aromatic carbocycles. The van der Waals surface area contributed by atoms with Gasteiger partial charge in [0.1, 0.15) is 18.7 Å². The van der Waals surface area contributed by atoms with Crippen LogP contribution in [0.15, 0.2) is 59.5 Å². The first-order valence-electron chi connectivity index (χ1n) is 17.9. The Morgan fingerprint density at radius 3 is 2.39 bits per heavy atom. The molecule has 1 saturated heterocycles. The fourth-order valence-corrected chi connectivity index (χ4v) is 9.51. The smallest absolute Gasteiger partial charge is 0.229 e. The van der Waals surface area contributed by atoms with Gasteiger partial charge in [-0.2, -0.15) is 10.1 Å². The van der Waals surface area contributed by atoms with Gasteiger partial charge >= 0.3 is 0 Å². The van der Waals surface area contributed by atoms with E-state index in [0.717, 1.165) is 82.3 Å². The molecule has 8 rings (SSSR count). The quantitative estimate of drug-likeness (QED) is 0.136. The highest BCUT2D eigenvalue weighted by Gasteiger charge is 2.29. The normalized spacial score (nSPS) is 17.3. The zero-order chi connectivity index (χ0) is 35.3. The Balaban J connectivity index is 1.10. The summed E-state index contributed by atoms with van der Waals surface area (Å²) in [7, 11) is 0.913. The van der Waals surface area contributed by atoms with Crippen molar-refractivity contribution in [3.63, 3.8) is 0 Å². The number of piperazine rings is 1. The highest BCUT2D eigenvalue weighted by Crippen LogP contribution is 2.44. The predicted octanol–water partition coefficient (Wildman–Crippen LogP) is 7.87. The van der Waals surface area contributed by atoms with Crippen molar-refractivity contribution in [3.8, 4) is 16.9 Å². The van der Waals surface area contributed by atoms with Gasteiger partial charge in [-0.25, -0.2) is 4.98 Å². The van der Waals surface area contributed by atoms with Crippen LogP contribution in [0.5, 0.6) is 5.75 Å². The molecule has 3 aromatic heterocycles. The minimum Gasteiger partial charge on any atom is -0.494 e. The molecule has 0 spiro atoms. The van der Waals surface area contributed by atoms with Crippen LogP contribution in [0.4, 0.5) is 28.8 Å². The number of ether oxygens (including phenoxy) is 1. The molecule has 13 heteroatoms. The van der Waals surface area contributed by atoms with Crippen LogP contribution in [0.1, 0.15) is 50.1 Å². The van der Waals surface area contributed by atoms with Crippen LogP contribution in [0, 0.1) is 0 Å². The van der Waals surface area contributed by atoms with E-state index < -0.39 is 7.14 Å². The van der Waals surface area contributed by atoms with Crippen LogP contribution in [0.3, 0.4) is 0 Å². The van der Waals surface area contributed by atoms with Crippen LogP contribution in [0.2, 0.25) is 0 Å². The van der Waals surface area contributed by atoms with Crippen LogP contribution < -0.4 is 25.6 Å². The van der Waals surface area contributed by atoms with E-state index in [2.05, 4.69) is 70.7 Å². The van der Waals surface area contributed by atoms with Crippen molar-refractivity contribution in [1.29, 1.82) is 0 Å². The number of nitrogens with one attached hydrogen (secondary N) is 2. The third kappa shape index (κ3) is 7.10. The van der Waals surface area contributed by atoms with Gasteiger partial charge in [0.15, 0.2) is 0 Å². The van der Waals surface area contributed by atoms with Crippen molar-refractivity contribution in [2.45, 2.75) is 50.5 Å². The van der Waals surface area contributed by atoms with Gasteiger partial charge in [-0.3, -0.25) is 14.6 Å². The second kappa shape index (κ2) is 13.9. The molecule has 0 amide bonds. The lowest BCUT2D eigenvalue weighted by Crippen LogP contribution is -2.49. The molecule has 5 aromatic rings. The zero-order valence-corrected chi connectivity index (χ0v) is 32.2. The minimum atomic E-state index is -2.72. The zero-order valence-electron chi connectivity index (χ0n) is 29.7. The van der Waals surface area contributed by atoms with E-state index in [1.54, 1.807) is 26.6 Å². The monoisotopic (exact) mass is 769 g/mol. The van der Waals surface area contributed by atoms with Crippen molar-refractivity contribution in [1.82, 2.24) is 29.6 Å². The Bertz CT molecular complexity index is 2130. The molecule has 0 radical (unpaired) electrons. The lowest BCUT2D eigenvalue weighted by atomic mass is 10.0. The number of halogens is 1. The van der Waals surface area contributed by atoms with E-state index in [0.29, 0.717) is 27.9 Å². The molecule has 0 unspecified atom stereocenters. The van der Waals surface area contributed by atoms with Gasteiger partial charge in [0.2, 0.25) is 5.95 Å². The molecule has 4 heterocycles. The summed E-state index contributed by atoms with van der Waals surface area (Å²) in [6.07, 6.45) is 13.4. The molecule has 51 heavy (non-hydrogen) atoms. The summed E-state index contributed by atoms with van der Waals surface area (Å²) < 4.78 is 22.2. The molecule has 11 nitrogen and oxygen atoms in total. The molecule has 1 aliphatic heterocycles. The number of hydrogen-bond donors (Lipinski definition) is 2. The fraction of sp³-hybridized carbons (Fsp3) is 0.421. The standard InChI is InChI=1S/C38H45BrN9O2P/c1-46-23-25(21-41-46)28-19-33(35(50-2)20-34(28)48-17-15-47(16-18-48)26-7-5-6-8-26)44-38-40-22-29(39)37(45-38)43-32-14-13-31-27(36(32)51(3,4)49)11-12-30(42-31)24-9-10-24/h11-14,19-24,26H,5-10,15-18H2,1-4H3,(H2,40,43,44,45). The van der Waals surface area contributed by atoms with Crippen LogP contribution in [-0.2, 0) is 11.6 Å². The number of aromatic nitrogens is 5. The van der Waals surface area contributed by atoms with E-state index in [9.17, 15) is 4.57 Å². The summed E-state index contributed by atoms with van der Waals surface area (Å²) >= 11 is 3.64. The molecule has 2 aliphatic carbocycles. The molecule has 2 saturated carbocycles.